The molecule has 5 aromatic rings. The third-order valence-electron chi connectivity index (χ3n) is 9.28. The molecule has 24 heteroatoms. The number of aryl methyl sites for hydroxylation is 1. The van der Waals surface area contributed by atoms with Crippen molar-refractivity contribution >= 4 is 77.8 Å². The number of nitrogens with two attached hydrogens (primary N) is 1. The first kappa shape index (κ1) is 42.6. The summed E-state index contributed by atoms with van der Waals surface area (Å²) in [4.78, 5) is 69.6. The Morgan fingerprint density at radius 3 is 2.21 bits per heavy atom. The number of nitrogens with one attached hydrogen (secondary N) is 2. The fourth-order valence-electron chi connectivity index (χ4n) is 6.48. The van der Waals surface area contributed by atoms with E-state index in [0.717, 1.165) is 39.5 Å². The Balaban J connectivity index is 1.06. The van der Waals surface area contributed by atoms with E-state index < -0.39 is 52.9 Å². The van der Waals surface area contributed by atoms with Crippen LogP contribution < -0.4 is 30.7 Å². The van der Waals surface area contributed by atoms with Gasteiger partial charge in [0.2, 0.25) is 16.9 Å². The highest BCUT2D eigenvalue weighted by atomic mass is 31.3. The fraction of sp³-hybridized carbons (Fsp3) is 0.412. The predicted molar refractivity (Wildman–Crippen MR) is 209 cm³/mol. The van der Waals surface area contributed by atoms with Gasteiger partial charge in [0, 0.05) is 88.4 Å². The number of hydrogen-bond acceptors (Lipinski definition) is 15. The van der Waals surface area contributed by atoms with Crippen LogP contribution in [0.4, 0.5) is 22.0 Å². The number of nitrogen functional groups attached to an aromatic ring is 1. The first-order chi connectivity index (χ1) is 27.4. The smallest absolute Gasteiger partial charge is 0.439 e. The van der Waals surface area contributed by atoms with Gasteiger partial charge in [-0.15, -0.1) is 0 Å². The molecule has 2 amide bonds. The van der Waals surface area contributed by atoms with Gasteiger partial charge in [-0.1, -0.05) is 0 Å². The number of fused-ring (bicyclic) bond motifs is 3. The number of imidazole rings is 1. The molecule has 1 fully saturated rings. The maximum absolute atomic E-state index is 13.0. The number of hydrogen-bond donors (Lipinski definition) is 7. The Kier molecular flexibility index (Phi) is 12.8. The minimum Gasteiger partial charge on any atom is -0.439 e. The summed E-state index contributed by atoms with van der Waals surface area (Å²) >= 11 is 0. The van der Waals surface area contributed by atoms with Crippen molar-refractivity contribution in [2.24, 2.45) is 0 Å². The van der Waals surface area contributed by atoms with E-state index >= 15 is 0 Å². The molecule has 1 aliphatic rings. The van der Waals surface area contributed by atoms with Crippen LogP contribution in [-0.2, 0) is 38.8 Å². The zero-order valence-corrected chi connectivity index (χ0v) is 33.7. The van der Waals surface area contributed by atoms with Crippen LogP contribution in [-0.4, -0.2) is 118 Å². The van der Waals surface area contributed by atoms with E-state index in [9.17, 15) is 28.7 Å². The first-order valence-electron chi connectivity index (χ1n) is 17.9. The van der Waals surface area contributed by atoms with Gasteiger partial charge in [-0.05, 0) is 30.3 Å². The van der Waals surface area contributed by atoms with Gasteiger partial charge in [0.15, 0.2) is 23.8 Å². The lowest BCUT2D eigenvalue weighted by Gasteiger charge is -2.22. The van der Waals surface area contributed by atoms with Gasteiger partial charge in [-0.2, -0.15) is 8.88 Å². The summed E-state index contributed by atoms with van der Waals surface area (Å²) in [6, 6.07) is 14.7. The van der Waals surface area contributed by atoms with Gasteiger partial charge < -0.3 is 55.4 Å². The Labute approximate surface area is 331 Å². The molecule has 8 N–H and O–H groups in total. The highest BCUT2D eigenvalue weighted by Gasteiger charge is 2.49. The summed E-state index contributed by atoms with van der Waals surface area (Å²) in [5, 5.41) is 18.5. The molecule has 1 aliphatic heterocycles. The molecule has 0 saturated carbocycles. The van der Waals surface area contributed by atoms with Crippen LogP contribution in [0.2, 0.25) is 0 Å². The van der Waals surface area contributed by atoms with Crippen molar-refractivity contribution in [2.75, 3.05) is 63.4 Å². The molecule has 2 aromatic carbocycles. The summed E-state index contributed by atoms with van der Waals surface area (Å²) in [5.41, 5.74) is 10.4. The second-order valence-corrected chi connectivity index (χ2v) is 16.6. The van der Waals surface area contributed by atoms with E-state index in [1.807, 2.05) is 38.0 Å². The first-order valence-corrected chi connectivity index (χ1v) is 20.9. The average Bonchev–Trinajstić information content (AvgIpc) is 3.71. The number of phosphoric acid groups is 2. The molecule has 5 atom stereocenters. The summed E-state index contributed by atoms with van der Waals surface area (Å²) in [6.07, 6.45) is -3.97. The number of nitrogens with zero attached hydrogens (tertiary/aromatic N) is 7. The number of anilines is 3. The van der Waals surface area contributed by atoms with Crippen molar-refractivity contribution < 1.29 is 61.4 Å². The van der Waals surface area contributed by atoms with Crippen LogP contribution >= 0.6 is 15.6 Å². The van der Waals surface area contributed by atoms with Gasteiger partial charge in [0.25, 0.3) is 0 Å². The van der Waals surface area contributed by atoms with Gasteiger partial charge in [-0.3, -0.25) is 13.9 Å². The Morgan fingerprint density at radius 2 is 1.59 bits per heavy atom. The van der Waals surface area contributed by atoms with Gasteiger partial charge >= 0.3 is 21.7 Å². The molecular weight excluding hydrogens is 802 g/mol. The zero-order valence-electron chi connectivity index (χ0n) is 31.9. The largest absolute Gasteiger partial charge is 0.481 e. The van der Waals surface area contributed by atoms with E-state index in [-0.39, 0.29) is 42.4 Å². The molecule has 0 aliphatic carbocycles. The summed E-state index contributed by atoms with van der Waals surface area (Å²) in [7, 11) is -2.81. The van der Waals surface area contributed by atoms with Crippen LogP contribution in [0.5, 0.6) is 0 Å². The predicted octanol–water partition coefficient (Wildman–Crippen LogP) is 1.31. The molecule has 4 heterocycles. The quantitative estimate of drug-likeness (QED) is 0.0319. The summed E-state index contributed by atoms with van der Waals surface area (Å²) in [5.74, 6) is -0.212. The number of carbonyl (C=O) groups is 2. The Morgan fingerprint density at radius 1 is 0.948 bits per heavy atom. The van der Waals surface area contributed by atoms with E-state index in [2.05, 4.69) is 81.5 Å². The number of carbonyl (C=O) groups excluding carboxylic acids is 2. The number of alkyl carbamates (subject to hydrolysis) is 1. The van der Waals surface area contributed by atoms with Crippen molar-refractivity contribution in [1.29, 1.82) is 0 Å². The number of ether oxygens (including phenoxy) is 2. The maximum atomic E-state index is 13.0. The van der Waals surface area contributed by atoms with Gasteiger partial charge in [-0.25, -0.2) is 28.9 Å². The number of aromatic nitrogens is 5. The third kappa shape index (κ3) is 9.98. The molecule has 1 saturated heterocycles. The standard InChI is InChI=1S/C34H44N10O12P2/c1-41(2)22-9-7-20-14-21-8-10-23(42(3)4)16-25(21)43(24(20)15-22)13-5-6-27(45)36-11-12-37-34(47)55-30-29(46)26(17-53-58(51,52)56-57(48,49)50)54-33(30)44-19-40-28-31(35)38-18-39-32(28)44/h7-10,14-16,18-19,26,29-30,33,46H,5-6,11-13,17H2,1-4H3,(H6-,35,36,37,38,39,45,47,48,49,50,51,52)/p+1/t26-,29-,30-,33-/m1/s1. The topological polar surface area (TPSA) is 290 Å². The molecule has 6 rings (SSSR count). The fourth-order valence-corrected chi connectivity index (χ4v) is 8.08. The zero-order chi connectivity index (χ0) is 41.9. The molecule has 312 valence electrons. The molecule has 0 radical (unpaired) electrons. The number of aliphatic hydroxyl groups is 1. The lowest BCUT2D eigenvalue weighted by Crippen LogP contribution is -2.41. The maximum Gasteiger partial charge on any atom is 0.481 e. The van der Waals surface area contributed by atoms with Crippen molar-refractivity contribution in [3.63, 3.8) is 0 Å². The number of rotatable bonds is 16. The van der Waals surface area contributed by atoms with Crippen LogP contribution in [0.1, 0.15) is 19.1 Å². The summed E-state index contributed by atoms with van der Waals surface area (Å²) < 4.78 is 46.4. The number of benzene rings is 2. The van der Waals surface area contributed by atoms with Crippen LogP contribution in [0.25, 0.3) is 33.0 Å². The van der Waals surface area contributed by atoms with E-state index in [0.29, 0.717) is 13.0 Å². The molecular formula is C34H45N10O12P2+. The Hall–Kier alpha value is -5.02. The highest BCUT2D eigenvalue weighted by molar-refractivity contribution is 7.60. The van der Waals surface area contributed by atoms with Crippen molar-refractivity contribution in [2.45, 2.75) is 43.9 Å². The second-order valence-electron chi connectivity index (χ2n) is 13.8. The molecule has 3 aromatic heterocycles. The van der Waals surface area contributed by atoms with Crippen molar-refractivity contribution in [1.82, 2.24) is 30.2 Å². The van der Waals surface area contributed by atoms with Crippen LogP contribution in [0.3, 0.4) is 0 Å². The third-order valence-corrected chi connectivity index (χ3v) is 11.4. The highest BCUT2D eigenvalue weighted by Crippen LogP contribution is 2.57. The lowest BCUT2D eigenvalue weighted by atomic mass is 10.1. The number of phosphoric ester groups is 1. The normalized spacial score (nSPS) is 19.3. The van der Waals surface area contributed by atoms with E-state index in [1.165, 1.54) is 10.9 Å². The molecule has 22 nitrogen and oxygen atoms in total. The lowest BCUT2D eigenvalue weighted by molar-refractivity contribution is -0.645. The van der Waals surface area contributed by atoms with Crippen molar-refractivity contribution in [3.05, 3.63) is 55.1 Å². The van der Waals surface area contributed by atoms with Crippen LogP contribution in [0, 0.1) is 0 Å². The summed E-state index contributed by atoms with van der Waals surface area (Å²) in [6.45, 7) is -0.365. The SMILES string of the molecule is CN(C)c1ccc2cc3ccc(N(C)C)cc3[n+](CCCC(=O)NCCNC(=O)O[C@@H]3[C@H](O)[C@@H](COP(=O)(O)OP(=O)(O)O)O[C@H]3n3cnc4c(N)ncnc43)c2c1. The van der Waals surface area contributed by atoms with Gasteiger partial charge in [0.05, 0.1) is 12.9 Å². The number of pyridine rings is 1. The monoisotopic (exact) mass is 847 g/mol. The minimum absolute atomic E-state index is 0.0215. The Bertz CT molecular complexity index is 2350. The minimum atomic E-state index is -5.43. The number of amides is 2. The molecule has 0 bridgehead atoms. The van der Waals surface area contributed by atoms with E-state index in [4.69, 9.17) is 25.0 Å². The molecule has 58 heavy (non-hydrogen) atoms. The average molecular weight is 848 g/mol. The number of aliphatic hydroxyl groups excluding tert-OH is 1. The second kappa shape index (κ2) is 17.5. The molecule has 1 unspecified atom stereocenters. The van der Waals surface area contributed by atoms with Crippen LogP contribution in [0.15, 0.2) is 55.1 Å². The van der Waals surface area contributed by atoms with Crippen molar-refractivity contribution in [3.8, 4) is 0 Å². The van der Waals surface area contributed by atoms with Gasteiger partial charge in [0.1, 0.15) is 30.6 Å². The van der Waals surface area contributed by atoms with E-state index in [1.54, 1.807) is 0 Å². The molecule has 0 spiro atoms.